The molecule has 0 saturated carbocycles. The van der Waals surface area contributed by atoms with E-state index in [9.17, 15) is 4.79 Å². The molecule has 0 spiro atoms. The predicted molar refractivity (Wildman–Crippen MR) is 130 cm³/mol. The van der Waals surface area contributed by atoms with Crippen molar-refractivity contribution in [3.8, 4) is 0 Å². The van der Waals surface area contributed by atoms with Crippen LogP contribution in [-0.2, 0) is 24.1 Å². The molecule has 0 unspecified atom stereocenters. The fourth-order valence-electron chi connectivity index (χ4n) is 5.29. The highest BCUT2D eigenvalue weighted by Crippen LogP contribution is 2.37. The molecule has 8 nitrogen and oxygen atoms in total. The van der Waals surface area contributed by atoms with E-state index < -0.39 is 6.04 Å². The van der Waals surface area contributed by atoms with Crippen LogP contribution in [0.15, 0.2) is 53.3 Å². The second kappa shape index (κ2) is 8.68. The number of para-hydroxylation sites is 1. The van der Waals surface area contributed by atoms with Crippen molar-refractivity contribution in [2.24, 2.45) is 0 Å². The molecule has 0 aliphatic carbocycles. The maximum absolute atomic E-state index is 13.5. The first-order valence-corrected chi connectivity index (χ1v) is 12.1. The molecule has 4 aromatic rings. The first-order chi connectivity index (χ1) is 16.7. The van der Waals surface area contributed by atoms with Gasteiger partial charge in [-0.05, 0) is 76.9 Å². The standard InChI is InChI=1S/C26H28N6O2/c1-2-17-9-10-22-19(14-17)15-21(26(33)27-22)24(31-12-11-18-6-3-4-8-23(18)31)25-28-29-30-32(25)16-20-7-5-13-34-20/h3-4,6,8-10,14-15,20,24H,2,5,7,11-13,16H2,1H3,(H,27,33)/t20-,24-/m1/s1. The van der Waals surface area contributed by atoms with Gasteiger partial charge in [0.05, 0.1) is 12.6 Å². The molecule has 2 aromatic heterocycles. The van der Waals surface area contributed by atoms with Gasteiger partial charge in [-0.3, -0.25) is 4.79 Å². The van der Waals surface area contributed by atoms with Gasteiger partial charge in [0.1, 0.15) is 6.04 Å². The van der Waals surface area contributed by atoms with Gasteiger partial charge in [-0.2, -0.15) is 0 Å². The van der Waals surface area contributed by atoms with Crippen molar-refractivity contribution in [1.29, 1.82) is 0 Å². The molecule has 0 bridgehead atoms. The number of benzene rings is 2. The van der Waals surface area contributed by atoms with E-state index in [0.717, 1.165) is 55.4 Å². The molecular formula is C26H28N6O2. The lowest BCUT2D eigenvalue weighted by atomic mass is 10.0. The number of nitrogens with one attached hydrogen (secondary N) is 1. The zero-order valence-electron chi connectivity index (χ0n) is 19.3. The van der Waals surface area contributed by atoms with Gasteiger partial charge in [-0.1, -0.05) is 31.2 Å². The highest BCUT2D eigenvalue weighted by Gasteiger charge is 2.34. The minimum absolute atomic E-state index is 0.0933. The molecule has 1 N–H and O–H groups in total. The van der Waals surface area contributed by atoms with E-state index in [0.29, 0.717) is 17.9 Å². The van der Waals surface area contributed by atoms with Crippen LogP contribution in [0.3, 0.4) is 0 Å². The van der Waals surface area contributed by atoms with E-state index in [-0.39, 0.29) is 11.7 Å². The molecule has 2 aromatic carbocycles. The lowest BCUT2D eigenvalue weighted by Gasteiger charge is -2.29. The monoisotopic (exact) mass is 456 g/mol. The summed E-state index contributed by atoms with van der Waals surface area (Å²) in [4.78, 5) is 18.8. The van der Waals surface area contributed by atoms with Gasteiger partial charge in [0.2, 0.25) is 0 Å². The number of aryl methyl sites for hydroxylation is 1. The summed E-state index contributed by atoms with van der Waals surface area (Å²) in [5, 5.41) is 13.8. The SMILES string of the molecule is CCc1ccc2[nH]c(=O)c([C@H](c3nnnn3C[C@H]3CCCO3)N3CCc4ccccc43)cc2c1. The van der Waals surface area contributed by atoms with Crippen LogP contribution in [0.5, 0.6) is 0 Å². The molecule has 34 heavy (non-hydrogen) atoms. The van der Waals surface area contributed by atoms with Gasteiger partial charge < -0.3 is 14.6 Å². The Bertz CT molecular complexity index is 1390. The normalized spacial score (nSPS) is 18.5. The molecular weight excluding hydrogens is 428 g/mol. The summed E-state index contributed by atoms with van der Waals surface area (Å²) in [5.74, 6) is 0.670. The molecule has 1 fully saturated rings. The van der Waals surface area contributed by atoms with Crippen LogP contribution in [0.25, 0.3) is 10.9 Å². The lowest BCUT2D eigenvalue weighted by molar-refractivity contribution is 0.0924. The quantitative estimate of drug-likeness (QED) is 0.478. The topological polar surface area (TPSA) is 88.9 Å². The second-order valence-corrected chi connectivity index (χ2v) is 9.16. The number of hydrogen-bond acceptors (Lipinski definition) is 6. The Labute approximate surface area is 197 Å². The summed E-state index contributed by atoms with van der Waals surface area (Å²) in [7, 11) is 0. The molecule has 2 aliphatic rings. The second-order valence-electron chi connectivity index (χ2n) is 9.16. The third-order valence-electron chi connectivity index (χ3n) is 7.08. The number of ether oxygens (including phenoxy) is 1. The number of aromatic nitrogens is 5. The third-order valence-corrected chi connectivity index (χ3v) is 7.08. The molecule has 2 aliphatic heterocycles. The van der Waals surface area contributed by atoms with Crippen molar-refractivity contribution in [3.63, 3.8) is 0 Å². The Morgan fingerprint density at radius 1 is 1.21 bits per heavy atom. The number of tetrazole rings is 1. The van der Waals surface area contributed by atoms with E-state index in [4.69, 9.17) is 4.74 Å². The van der Waals surface area contributed by atoms with Crippen molar-refractivity contribution in [2.75, 3.05) is 18.1 Å². The zero-order valence-corrected chi connectivity index (χ0v) is 19.3. The van der Waals surface area contributed by atoms with Crippen molar-refractivity contribution >= 4 is 16.6 Å². The van der Waals surface area contributed by atoms with Crippen LogP contribution in [0.4, 0.5) is 5.69 Å². The van der Waals surface area contributed by atoms with Crippen LogP contribution >= 0.6 is 0 Å². The van der Waals surface area contributed by atoms with Crippen molar-refractivity contribution < 1.29 is 4.74 Å². The van der Waals surface area contributed by atoms with Gasteiger partial charge in [0.15, 0.2) is 5.82 Å². The maximum Gasteiger partial charge on any atom is 0.254 e. The Balaban J connectivity index is 1.51. The number of H-pyrrole nitrogens is 1. The molecule has 8 heteroatoms. The average Bonchev–Trinajstić information content (AvgIpc) is 3.62. The summed E-state index contributed by atoms with van der Waals surface area (Å²) in [6, 6.07) is 16.2. The number of pyridine rings is 1. The predicted octanol–water partition coefficient (Wildman–Crippen LogP) is 3.41. The molecule has 2 atom stereocenters. The number of rotatable bonds is 6. The van der Waals surface area contributed by atoms with Crippen molar-refractivity contribution in [3.05, 3.63) is 81.4 Å². The Hall–Kier alpha value is -3.52. The molecule has 1 saturated heterocycles. The van der Waals surface area contributed by atoms with E-state index in [1.54, 1.807) is 0 Å². The van der Waals surface area contributed by atoms with Gasteiger partial charge in [-0.15, -0.1) is 5.10 Å². The summed E-state index contributed by atoms with van der Waals surface area (Å²) >= 11 is 0. The summed E-state index contributed by atoms with van der Waals surface area (Å²) in [6.07, 6.45) is 4.00. The molecule has 174 valence electrons. The third kappa shape index (κ3) is 3.68. The highest BCUT2D eigenvalue weighted by molar-refractivity contribution is 5.80. The van der Waals surface area contributed by atoms with Gasteiger partial charge in [0, 0.05) is 29.9 Å². The van der Waals surface area contributed by atoms with Crippen molar-refractivity contribution in [2.45, 2.75) is 51.3 Å². The average molecular weight is 457 g/mol. The number of anilines is 1. The van der Waals surface area contributed by atoms with Crippen LogP contribution < -0.4 is 10.5 Å². The highest BCUT2D eigenvalue weighted by atomic mass is 16.5. The molecule has 6 rings (SSSR count). The number of nitrogens with zero attached hydrogens (tertiary/aromatic N) is 5. The number of aromatic amines is 1. The van der Waals surface area contributed by atoms with Gasteiger partial charge in [0.25, 0.3) is 5.56 Å². The Kier molecular flexibility index (Phi) is 5.37. The number of fused-ring (bicyclic) bond motifs is 2. The smallest absolute Gasteiger partial charge is 0.254 e. The largest absolute Gasteiger partial charge is 0.376 e. The van der Waals surface area contributed by atoms with E-state index in [1.807, 2.05) is 22.9 Å². The van der Waals surface area contributed by atoms with Crippen LogP contribution in [0.1, 0.15) is 48.3 Å². The lowest BCUT2D eigenvalue weighted by Crippen LogP contribution is -2.35. The minimum Gasteiger partial charge on any atom is -0.376 e. The first-order valence-electron chi connectivity index (χ1n) is 12.1. The van der Waals surface area contributed by atoms with Crippen LogP contribution in [0, 0.1) is 0 Å². The molecule has 0 amide bonds. The number of hydrogen-bond donors (Lipinski definition) is 1. The Morgan fingerprint density at radius 3 is 2.97 bits per heavy atom. The fraction of sp³-hybridized carbons (Fsp3) is 0.385. The fourth-order valence-corrected chi connectivity index (χ4v) is 5.29. The summed E-state index contributed by atoms with van der Waals surface area (Å²) < 4.78 is 7.68. The zero-order chi connectivity index (χ0) is 23.1. The van der Waals surface area contributed by atoms with Crippen molar-refractivity contribution in [1.82, 2.24) is 25.2 Å². The molecule has 4 heterocycles. The maximum atomic E-state index is 13.5. The van der Waals surface area contributed by atoms with E-state index in [1.165, 1.54) is 11.1 Å². The summed E-state index contributed by atoms with van der Waals surface area (Å²) in [6.45, 7) is 4.29. The van der Waals surface area contributed by atoms with Crippen LogP contribution in [0.2, 0.25) is 0 Å². The van der Waals surface area contributed by atoms with E-state index >= 15 is 0 Å². The Morgan fingerprint density at radius 2 is 2.12 bits per heavy atom. The summed E-state index contributed by atoms with van der Waals surface area (Å²) in [5.41, 5.74) is 5.01. The van der Waals surface area contributed by atoms with Gasteiger partial charge >= 0.3 is 0 Å². The van der Waals surface area contributed by atoms with E-state index in [2.05, 4.69) is 62.7 Å². The first kappa shape index (κ1) is 21.0. The van der Waals surface area contributed by atoms with Crippen LogP contribution in [-0.4, -0.2) is 44.4 Å². The molecule has 0 radical (unpaired) electrons. The van der Waals surface area contributed by atoms with Gasteiger partial charge in [-0.25, -0.2) is 4.68 Å². The minimum atomic E-state index is -0.404.